The Hall–Kier alpha value is -3.19. The summed E-state index contributed by atoms with van der Waals surface area (Å²) >= 11 is 3.38. The van der Waals surface area contributed by atoms with Gasteiger partial charge in [-0.3, -0.25) is 4.79 Å². The molecule has 4 aromatic rings. The van der Waals surface area contributed by atoms with Gasteiger partial charge in [-0.25, -0.2) is 4.98 Å². The number of aromatic hydroxyl groups is 1. The molecule has 0 aliphatic rings. The van der Waals surface area contributed by atoms with E-state index in [9.17, 15) is 9.90 Å². The zero-order chi connectivity index (χ0) is 19.0. The Kier molecular flexibility index (Phi) is 4.37. The maximum Gasteiger partial charge on any atom is 0.263 e. The van der Waals surface area contributed by atoms with Gasteiger partial charge in [0.1, 0.15) is 10.0 Å². The third-order valence-electron chi connectivity index (χ3n) is 4.29. The fraction of sp³-hybridized carbons (Fsp3) is 0.0500. The molecule has 0 aliphatic heterocycles. The minimum atomic E-state index is -0.260. The van der Waals surface area contributed by atoms with Crippen LogP contribution in [0.3, 0.4) is 0 Å². The number of hydrogen-bond acceptors (Lipinski definition) is 4. The first kappa shape index (κ1) is 17.2. The lowest BCUT2D eigenvalue weighted by Gasteiger charge is -2.16. The number of amides is 1. The fourth-order valence-corrected chi connectivity index (χ4v) is 3.33. The smallest absolute Gasteiger partial charge is 0.263 e. The van der Waals surface area contributed by atoms with Crippen LogP contribution in [0.4, 0.5) is 5.69 Å². The Morgan fingerprint density at radius 3 is 2.37 bits per heavy atom. The Balaban J connectivity index is 1.86. The van der Waals surface area contributed by atoms with E-state index < -0.39 is 0 Å². The Labute approximate surface area is 163 Å². The van der Waals surface area contributed by atoms with Crippen LogP contribution < -0.4 is 4.90 Å². The molecule has 0 spiro atoms. The van der Waals surface area contributed by atoms with E-state index in [4.69, 9.17) is 0 Å². The maximum atomic E-state index is 13.0. The van der Waals surface area contributed by atoms with Crippen molar-refractivity contribution in [1.29, 1.82) is 0 Å². The summed E-state index contributed by atoms with van der Waals surface area (Å²) in [6, 6.07) is 18.8. The lowest BCUT2D eigenvalue weighted by Crippen LogP contribution is -2.26. The molecule has 0 saturated heterocycles. The van der Waals surface area contributed by atoms with Crippen LogP contribution in [0.5, 0.6) is 5.88 Å². The molecular formula is C20H15BrN4O2. The highest BCUT2D eigenvalue weighted by molar-refractivity contribution is 9.10. The largest absolute Gasteiger partial charge is 0.492 e. The number of aromatic nitrogens is 3. The average Bonchev–Trinajstić information content (AvgIpc) is 3.15. The monoisotopic (exact) mass is 422 g/mol. The van der Waals surface area contributed by atoms with Crippen LogP contribution in [0.2, 0.25) is 0 Å². The highest BCUT2D eigenvalue weighted by atomic mass is 79.9. The van der Waals surface area contributed by atoms with Crippen LogP contribution in [-0.4, -0.2) is 32.7 Å². The van der Waals surface area contributed by atoms with Crippen molar-refractivity contribution in [3.63, 3.8) is 0 Å². The molecule has 0 radical (unpaired) electrons. The van der Waals surface area contributed by atoms with Crippen molar-refractivity contribution in [2.75, 3.05) is 11.9 Å². The molecule has 2 aromatic heterocycles. The average molecular weight is 423 g/mol. The van der Waals surface area contributed by atoms with Crippen LogP contribution in [0.1, 0.15) is 10.4 Å². The molecule has 134 valence electrons. The lowest BCUT2D eigenvalue weighted by atomic mass is 10.1. The quantitative estimate of drug-likeness (QED) is 0.538. The molecule has 0 saturated carbocycles. The molecule has 27 heavy (non-hydrogen) atoms. The van der Waals surface area contributed by atoms with Crippen molar-refractivity contribution >= 4 is 33.2 Å². The topological polar surface area (TPSA) is 70.7 Å². The van der Waals surface area contributed by atoms with Crippen LogP contribution in [0.25, 0.3) is 16.9 Å². The minimum absolute atomic E-state index is 0.111. The van der Waals surface area contributed by atoms with E-state index in [0.717, 1.165) is 11.3 Å². The number of benzene rings is 2. The molecule has 0 unspecified atom stereocenters. The highest BCUT2D eigenvalue weighted by Crippen LogP contribution is 2.34. The molecule has 0 atom stereocenters. The molecule has 0 bridgehead atoms. The predicted octanol–water partition coefficient (Wildman–Crippen LogP) is 4.14. The summed E-state index contributed by atoms with van der Waals surface area (Å²) in [5, 5.41) is 14.7. The number of rotatable bonds is 3. The normalized spacial score (nSPS) is 10.9. The maximum absolute atomic E-state index is 13.0. The zero-order valence-corrected chi connectivity index (χ0v) is 16.0. The zero-order valence-electron chi connectivity index (χ0n) is 14.4. The highest BCUT2D eigenvalue weighted by Gasteiger charge is 2.23. The number of para-hydroxylation sites is 1. The van der Waals surface area contributed by atoms with Crippen molar-refractivity contribution in [1.82, 2.24) is 14.6 Å². The number of anilines is 1. The molecular weight excluding hydrogens is 408 g/mol. The minimum Gasteiger partial charge on any atom is -0.492 e. The summed E-state index contributed by atoms with van der Waals surface area (Å²) in [7, 11) is 1.69. The van der Waals surface area contributed by atoms with Crippen molar-refractivity contribution in [3.05, 3.63) is 76.9 Å². The number of hydrogen-bond donors (Lipinski definition) is 1. The third kappa shape index (κ3) is 2.96. The van der Waals surface area contributed by atoms with E-state index in [1.54, 1.807) is 7.05 Å². The number of fused-ring (bicyclic) bond motifs is 1. The number of nitrogens with zero attached hydrogens (tertiary/aromatic N) is 4. The van der Waals surface area contributed by atoms with Gasteiger partial charge in [0.25, 0.3) is 5.91 Å². The Bertz CT molecular complexity index is 1130. The van der Waals surface area contributed by atoms with Gasteiger partial charge in [0.05, 0.1) is 11.9 Å². The van der Waals surface area contributed by atoms with Crippen molar-refractivity contribution in [2.45, 2.75) is 0 Å². The lowest BCUT2D eigenvalue weighted by molar-refractivity contribution is 0.0994. The van der Waals surface area contributed by atoms with E-state index in [1.165, 1.54) is 15.6 Å². The summed E-state index contributed by atoms with van der Waals surface area (Å²) in [5.41, 5.74) is 2.71. The second-order valence-electron chi connectivity index (χ2n) is 5.96. The van der Waals surface area contributed by atoms with Crippen molar-refractivity contribution < 1.29 is 9.90 Å². The molecule has 1 amide bonds. The Morgan fingerprint density at radius 2 is 1.70 bits per heavy atom. The van der Waals surface area contributed by atoms with E-state index >= 15 is 0 Å². The molecule has 7 heteroatoms. The third-order valence-corrected chi connectivity index (χ3v) is 5.02. The molecule has 2 heterocycles. The van der Waals surface area contributed by atoms with Gasteiger partial charge in [-0.05, 0) is 28.1 Å². The van der Waals surface area contributed by atoms with Crippen LogP contribution in [0.15, 0.2) is 71.3 Å². The molecule has 2 aromatic carbocycles. The number of carbonyl (C=O) groups excluding carboxylic acids is 1. The first-order valence-electron chi connectivity index (χ1n) is 8.22. The molecule has 0 aliphatic carbocycles. The van der Waals surface area contributed by atoms with Gasteiger partial charge in [0.2, 0.25) is 5.88 Å². The second-order valence-corrected chi connectivity index (χ2v) is 6.75. The summed E-state index contributed by atoms with van der Waals surface area (Å²) in [4.78, 5) is 19.1. The summed E-state index contributed by atoms with van der Waals surface area (Å²) in [6.07, 6.45) is 1.42. The van der Waals surface area contributed by atoms with Gasteiger partial charge >= 0.3 is 0 Å². The van der Waals surface area contributed by atoms with Crippen LogP contribution >= 0.6 is 15.9 Å². The standard InChI is InChI=1S/C20H15BrN4O2/c1-24(14-10-6-3-7-11-14)19(26)15-12-22-25-18(15)23-17(16(21)20(25)27)13-8-4-2-5-9-13/h2-12,27H,1H3. The summed E-state index contributed by atoms with van der Waals surface area (Å²) in [6.45, 7) is 0. The first-order chi connectivity index (χ1) is 13.1. The molecule has 6 nitrogen and oxygen atoms in total. The fourth-order valence-electron chi connectivity index (χ4n) is 2.85. The van der Waals surface area contributed by atoms with Gasteiger partial charge in [0, 0.05) is 18.3 Å². The Morgan fingerprint density at radius 1 is 1.07 bits per heavy atom. The second kappa shape index (κ2) is 6.85. The first-order valence-corrected chi connectivity index (χ1v) is 9.02. The van der Waals surface area contributed by atoms with Crippen molar-refractivity contribution in [3.8, 4) is 17.1 Å². The summed E-state index contributed by atoms with van der Waals surface area (Å²) < 4.78 is 1.67. The van der Waals surface area contributed by atoms with Gasteiger partial charge in [-0.1, -0.05) is 48.5 Å². The molecule has 0 fully saturated rings. The van der Waals surface area contributed by atoms with E-state index in [1.807, 2.05) is 60.7 Å². The van der Waals surface area contributed by atoms with E-state index in [2.05, 4.69) is 26.0 Å². The van der Waals surface area contributed by atoms with Crippen molar-refractivity contribution in [2.24, 2.45) is 0 Å². The number of carbonyl (C=O) groups is 1. The molecule has 4 rings (SSSR count). The van der Waals surface area contributed by atoms with Gasteiger partial charge in [-0.15, -0.1) is 0 Å². The van der Waals surface area contributed by atoms with Gasteiger partial charge < -0.3 is 10.0 Å². The van der Waals surface area contributed by atoms with Crippen LogP contribution in [-0.2, 0) is 0 Å². The van der Waals surface area contributed by atoms with E-state index in [-0.39, 0.29) is 11.8 Å². The van der Waals surface area contributed by atoms with E-state index in [0.29, 0.717) is 21.4 Å². The van der Waals surface area contributed by atoms with Crippen LogP contribution in [0, 0.1) is 0 Å². The molecule has 1 N–H and O–H groups in total. The summed E-state index contributed by atoms with van der Waals surface area (Å²) in [5.74, 6) is -0.371. The SMILES string of the molecule is CN(C(=O)c1cnn2c(O)c(Br)c(-c3ccccc3)nc12)c1ccccc1. The van der Waals surface area contributed by atoms with Gasteiger partial charge in [-0.2, -0.15) is 9.61 Å². The van der Waals surface area contributed by atoms with Gasteiger partial charge in [0.15, 0.2) is 5.65 Å². The predicted molar refractivity (Wildman–Crippen MR) is 107 cm³/mol. The number of halogens is 1.